The van der Waals surface area contributed by atoms with Gasteiger partial charge in [0.2, 0.25) is 5.90 Å². The lowest BCUT2D eigenvalue weighted by Crippen LogP contribution is -2.06. The third-order valence-corrected chi connectivity index (χ3v) is 4.04. The number of esters is 1. The third kappa shape index (κ3) is 3.23. The molecule has 0 aromatic heterocycles. The fourth-order valence-corrected chi connectivity index (χ4v) is 2.43. The Kier molecular flexibility index (Phi) is 4.37. The standard InChI is InChI=1S/C17H11Cl2NO3/c1-22-11-7-5-10(6-8-11)9-14-17(21)23-16(20-14)12-3-2-4-13(18)15(12)19/h2-9H,1H3/b14-9-. The zero-order valence-electron chi connectivity index (χ0n) is 12.0. The van der Waals surface area contributed by atoms with E-state index in [4.69, 9.17) is 32.7 Å². The van der Waals surface area contributed by atoms with Crippen molar-refractivity contribution in [2.24, 2.45) is 4.99 Å². The summed E-state index contributed by atoms with van der Waals surface area (Å²) in [5.41, 5.74) is 1.48. The van der Waals surface area contributed by atoms with E-state index in [9.17, 15) is 4.79 Å². The predicted molar refractivity (Wildman–Crippen MR) is 90.1 cm³/mol. The van der Waals surface area contributed by atoms with Gasteiger partial charge in [0.05, 0.1) is 22.7 Å². The molecule has 0 saturated carbocycles. The van der Waals surface area contributed by atoms with E-state index in [1.54, 1.807) is 43.5 Å². The topological polar surface area (TPSA) is 47.9 Å². The number of methoxy groups -OCH3 is 1. The summed E-state index contributed by atoms with van der Waals surface area (Å²) < 4.78 is 10.3. The molecule has 6 heteroatoms. The monoisotopic (exact) mass is 347 g/mol. The Labute approximate surface area is 143 Å². The van der Waals surface area contributed by atoms with Crippen molar-refractivity contribution in [2.75, 3.05) is 7.11 Å². The minimum Gasteiger partial charge on any atom is -0.497 e. The van der Waals surface area contributed by atoms with Gasteiger partial charge in [-0.2, -0.15) is 0 Å². The molecule has 0 spiro atoms. The fraction of sp³-hybridized carbons (Fsp3) is 0.0588. The number of hydrogen-bond donors (Lipinski definition) is 0. The van der Waals surface area contributed by atoms with Crippen molar-refractivity contribution < 1.29 is 14.3 Å². The first kappa shape index (κ1) is 15.6. The van der Waals surface area contributed by atoms with Crippen molar-refractivity contribution in [3.63, 3.8) is 0 Å². The summed E-state index contributed by atoms with van der Waals surface area (Å²) in [7, 11) is 1.59. The van der Waals surface area contributed by atoms with Crippen molar-refractivity contribution in [1.29, 1.82) is 0 Å². The van der Waals surface area contributed by atoms with Gasteiger partial charge < -0.3 is 9.47 Å². The zero-order chi connectivity index (χ0) is 16.4. The summed E-state index contributed by atoms with van der Waals surface area (Å²) in [6.45, 7) is 0. The van der Waals surface area contributed by atoms with E-state index in [1.165, 1.54) is 0 Å². The molecule has 2 aromatic rings. The van der Waals surface area contributed by atoms with Crippen LogP contribution in [0.25, 0.3) is 6.08 Å². The number of cyclic esters (lactones) is 1. The number of ether oxygens (including phenoxy) is 2. The molecule has 2 aromatic carbocycles. The van der Waals surface area contributed by atoms with Crippen LogP contribution in [0.1, 0.15) is 11.1 Å². The number of rotatable bonds is 3. The van der Waals surface area contributed by atoms with Crippen molar-refractivity contribution >= 4 is 41.1 Å². The molecule has 1 aliphatic heterocycles. The molecular formula is C17H11Cl2NO3. The molecule has 3 rings (SSSR count). The molecule has 0 bridgehead atoms. The molecule has 0 aliphatic carbocycles. The number of carbonyl (C=O) groups excluding carboxylic acids is 1. The lowest BCUT2D eigenvalue weighted by molar-refractivity contribution is -0.129. The van der Waals surface area contributed by atoms with E-state index >= 15 is 0 Å². The summed E-state index contributed by atoms with van der Waals surface area (Å²) in [5.74, 6) is 0.338. The van der Waals surface area contributed by atoms with Gasteiger partial charge in [0.25, 0.3) is 0 Å². The fourth-order valence-electron chi connectivity index (χ4n) is 2.05. The minimum absolute atomic E-state index is 0.141. The predicted octanol–water partition coefficient (Wildman–Crippen LogP) is 4.35. The number of aliphatic imine (C=N–C) groups is 1. The number of carbonyl (C=O) groups is 1. The largest absolute Gasteiger partial charge is 0.497 e. The summed E-state index contributed by atoms with van der Waals surface area (Å²) in [6.07, 6.45) is 1.63. The minimum atomic E-state index is -0.535. The van der Waals surface area contributed by atoms with E-state index in [-0.39, 0.29) is 11.6 Å². The van der Waals surface area contributed by atoms with Gasteiger partial charge in [0.1, 0.15) is 5.75 Å². The molecule has 0 saturated heterocycles. The first-order valence-corrected chi connectivity index (χ1v) is 7.45. The van der Waals surface area contributed by atoms with Crippen LogP contribution in [0.3, 0.4) is 0 Å². The Bertz CT molecular complexity index is 826. The summed E-state index contributed by atoms with van der Waals surface area (Å²) in [4.78, 5) is 16.2. The van der Waals surface area contributed by atoms with Crippen LogP contribution >= 0.6 is 23.2 Å². The van der Waals surface area contributed by atoms with Gasteiger partial charge in [0, 0.05) is 0 Å². The molecule has 0 radical (unpaired) electrons. The second kappa shape index (κ2) is 6.44. The van der Waals surface area contributed by atoms with Crippen LogP contribution in [0.15, 0.2) is 53.2 Å². The molecule has 4 nitrogen and oxygen atoms in total. The SMILES string of the molecule is COc1ccc(/C=C2\N=C(c3cccc(Cl)c3Cl)OC2=O)cc1. The van der Waals surface area contributed by atoms with Crippen molar-refractivity contribution in [2.45, 2.75) is 0 Å². The maximum absolute atomic E-state index is 12.0. The lowest BCUT2D eigenvalue weighted by Gasteiger charge is -2.03. The Morgan fingerprint density at radius 1 is 1.13 bits per heavy atom. The van der Waals surface area contributed by atoms with E-state index in [0.29, 0.717) is 15.6 Å². The Balaban J connectivity index is 1.94. The maximum atomic E-state index is 12.0. The molecule has 116 valence electrons. The van der Waals surface area contributed by atoms with Crippen molar-refractivity contribution in [3.05, 3.63) is 69.3 Å². The second-order valence-corrected chi connectivity index (χ2v) is 5.50. The van der Waals surface area contributed by atoms with Crippen molar-refractivity contribution in [1.82, 2.24) is 0 Å². The Hall–Kier alpha value is -2.30. The van der Waals surface area contributed by atoms with Gasteiger partial charge in [-0.25, -0.2) is 9.79 Å². The maximum Gasteiger partial charge on any atom is 0.363 e. The van der Waals surface area contributed by atoms with Gasteiger partial charge >= 0.3 is 5.97 Å². The molecule has 1 aliphatic rings. The highest BCUT2D eigenvalue weighted by Crippen LogP contribution is 2.29. The molecule has 23 heavy (non-hydrogen) atoms. The second-order valence-electron chi connectivity index (χ2n) is 4.71. The molecule has 1 heterocycles. The van der Waals surface area contributed by atoms with Gasteiger partial charge in [-0.15, -0.1) is 0 Å². The average Bonchev–Trinajstić information content (AvgIpc) is 2.91. The van der Waals surface area contributed by atoms with Crippen LogP contribution in [-0.2, 0) is 9.53 Å². The highest BCUT2D eigenvalue weighted by Gasteiger charge is 2.26. The van der Waals surface area contributed by atoms with Crippen LogP contribution in [0, 0.1) is 0 Å². The van der Waals surface area contributed by atoms with E-state index in [2.05, 4.69) is 4.99 Å². The van der Waals surface area contributed by atoms with Crippen LogP contribution in [0.2, 0.25) is 10.0 Å². The highest BCUT2D eigenvalue weighted by atomic mass is 35.5. The smallest absolute Gasteiger partial charge is 0.363 e. The summed E-state index contributed by atoms with van der Waals surface area (Å²) in [5, 5.41) is 0.668. The van der Waals surface area contributed by atoms with Crippen LogP contribution in [0.4, 0.5) is 0 Å². The van der Waals surface area contributed by atoms with Gasteiger partial charge in [-0.3, -0.25) is 0 Å². The highest BCUT2D eigenvalue weighted by molar-refractivity contribution is 6.44. The normalized spacial score (nSPS) is 15.5. The Morgan fingerprint density at radius 2 is 1.87 bits per heavy atom. The summed E-state index contributed by atoms with van der Waals surface area (Å²) >= 11 is 12.1. The summed E-state index contributed by atoms with van der Waals surface area (Å²) in [6, 6.07) is 12.3. The molecular weight excluding hydrogens is 337 g/mol. The third-order valence-electron chi connectivity index (χ3n) is 3.22. The number of nitrogens with zero attached hydrogens (tertiary/aromatic N) is 1. The van der Waals surface area contributed by atoms with Crippen LogP contribution in [0.5, 0.6) is 5.75 Å². The van der Waals surface area contributed by atoms with Gasteiger partial charge in [-0.1, -0.05) is 41.4 Å². The van der Waals surface area contributed by atoms with Gasteiger partial charge in [0.15, 0.2) is 5.70 Å². The Morgan fingerprint density at radius 3 is 2.57 bits per heavy atom. The lowest BCUT2D eigenvalue weighted by atomic mass is 10.2. The number of benzene rings is 2. The van der Waals surface area contributed by atoms with E-state index in [0.717, 1.165) is 11.3 Å². The quantitative estimate of drug-likeness (QED) is 0.612. The average molecular weight is 348 g/mol. The van der Waals surface area contributed by atoms with Crippen LogP contribution in [-0.4, -0.2) is 19.0 Å². The molecule has 0 N–H and O–H groups in total. The van der Waals surface area contributed by atoms with Crippen molar-refractivity contribution in [3.8, 4) is 5.75 Å². The number of hydrogen-bond acceptors (Lipinski definition) is 4. The molecule has 0 atom stereocenters. The van der Waals surface area contributed by atoms with Crippen LogP contribution < -0.4 is 4.74 Å². The first-order valence-electron chi connectivity index (χ1n) is 6.69. The first-order chi connectivity index (χ1) is 11.1. The molecule has 0 amide bonds. The van der Waals surface area contributed by atoms with E-state index < -0.39 is 5.97 Å². The van der Waals surface area contributed by atoms with E-state index in [1.807, 2.05) is 12.1 Å². The zero-order valence-corrected chi connectivity index (χ0v) is 13.6. The van der Waals surface area contributed by atoms with Gasteiger partial charge in [-0.05, 0) is 35.9 Å². The molecule has 0 fully saturated rings. The number of halogens is 2. The molecule has 0 unspecified atom stereocenters.